The quantitative estimate of drug-likeness (QED) is 0.350. The first-order valence-corrected chi connectivity index (χ1v) is 10.7. The Kier molecular flexibility index (Phi) is 7.38. The molecule has 164 valence electrons. The van der Waals surface area contributed by atoms with Crippen LogP contribution in [0.5, 0.6) is 0 Å². The third kappa shape index (κ3) is 5.10. The van der Waals surface area contributed by atoms with Crippen LogP contribution in [-0.4, -0.2) is 41.2 Å². The van der Waals surface area contributed by atoms with Gasteiger partial charge in [-0.2, -0.15) is 0 Å². The summed E-state index contributed by atoms with van der Waals surface area (Å²) < 4.78 is 10.9. The van der Waals surface area contributed by atoms with Crippen LogP contribution < -0.4 is 10.6 Å². The molecule has 1 aliphatic rings. The number of ether oxygens (including phenoxy) is 1. The zero-order valence-corrected chi connectivity index (χ0v) is 19.4. The van der Waals surface area contributed by atoms with Gasteiger partial charge in [0.1, 0.15) is 29.5 Å². The summed E-state index contributed by atoms with van der Waals surface area (Å²) in [5, 5.41) is 6.57. The normalized spacial score (nSPS) is 17.1. The number of amides is 2. The van der Waals surface area contributed by atoms with E-state index in [4.69, 9.17) is 44.6 Å². The molecular formula is C21H21Cl2N3O4S. The minimum Gasteiger partial charge on any atom is -0.457 e. The van der Waals surface area contributed by atoms with Crippen molar-refractivity contribution in [1.29, 1.82) is 0 Å². The van der Waals surface area contributed by atoms with Gasteiger partial charge in [0.25, 0.3) is 5.91 Å². The maximum atomic E-state index is 13.0. The molecule has 1 fully saturated rings. The summed E-state index contributed by atoms with van der Waals surface area (Å²) in [6.45, 7) is 3.50. The molecule has 10 heteroatoms. The fourth-order valence-corrected chi connectivity index (χ4v) is 3.67. The van der Waals surface area contributed by atoms with E-state index in [1.807, 2.05) is 0 Å². The topological polar surface area (TPSA) is 83.8 Å². The number of nitrogens with zero attached hydrogens (tertiary/aromatic N) is 1. The number of hydrogen-bond donors (Lipinski definition) is 2. The van der Waals surface area contributed by atoms with Gasteiger partial charge < -0.3 is 19.8 Å². The number of rotatable bonds is 7. The minimum absolute atomic E-state index is 0.152. The van der Waals surface area contributed by atoms with E-state index >= 15 is 0 Å². The smallest absolute Gasteiger partial charge is 0.277 e. The Labute approximate surface area is 195 Å². The van der Waals surface area contributed by atoms with Gasteiger partial charge in [-0.25, -0.2) is 0 Å². The predicted octanol–water partition coefficient (Wildman–Crippen LogP) is 4.20. The average molecular weight is 482 g/mol. The van der Waals surface area contributed by atoms with Crippen molar-refractivity contribution in [3.8, 4) is 11.3 Å². The number of methoxy groups -OCH3 is 1. The first kappa shape index (κ1) is 23.3. The lowest BCUT2D eigenvalue weighted by atomic mass is 10.1. The molecule has 2 N–H and O–H groups in total. The van der Waals surface area contributed by atoms with E-state index in [2.05, 4.69) is 10.6 Å². The van der Waals surface area contributed by atoms with Crippen LogP contribution in [0.4, 0.5) is 0 Å². The Morgan fingerprint density at radius 2 is 2.06 bits per heavy atom. The zero-order valence-electron chi connectivity index (χ0n) is 17.1. The van der Waals surface area contributed by atoms with Crippen LogP contribution in [0.15, 0.2) is 40.4 Å². The molecule has 1 aromatic carbocycles. The summed E-state index contributed by atoms with van der Waals surface area (Å²) in [7, 11) is 1.48. The Balaban J connectivity index is 1.81. The van der Waals surface area contributed by atoms with Crippen LogP contribution in [0.25, 0.3) is 17.4 Å². The average Bonchev–Trinajstić information content (AvgIpc) is 3.30. The fraction of sp³-hybridized carbons (Fsp3) is 0.286. The maximum absolute atomic E-state index is 13.0. The minimum atomic E-state index is -0.764. The molecule has 0 aliphatic carbocycles. The highest BCUT2D eigenvalue weighted by Crippen LogP contribution is 2.30. The van der Waals surface area contributed by atoms with Crippen molar-refractivity contribution in [3.63, 3.8) is 0 Å². The number of carbonyl (C=O) groups is 2. The summed E-state index contributed by atoms with van der Waals surface area (Å²) in [4.78, 5) is 26.8. The van der Waals surface area contributed by atoms with E-state index in [0.717, 1.165) is 5.56 Å². The summed E-state index contributed by atoms with van der Waals surface area (Å²) in [5.41, 5.74) is 0.961. The lowest BCUT2D eigenvalue weighted by Crippen LogP contribution is -2.51. The molecule has 1 aromatic heterocycles. The Morgan fingerprint density at radius 3 is 2.71 bits per heavy atom. The molecule has 2 aromatic rings. The third-order valence-corrected chi connectivity index (χ3v) is 5.76. The van der Waals surface area contributed by atoms with Gasteiger partial charge in [0.05, 0.1) is 10.0 Å². The Hall–Kier alpha value is -2.39. The Morgan fingerprint density at radius 1 is 1.32 bits per heavy atom. The second-order valence-corrected chi connectivity index (χ2v) is 8.01. The van der Waals surface area contributed by atoms with E-state index in [9.17, 15) is 9.59 Å². The van der Waals surface area contributed by atoms with Crippen LogP contribution >= 0.6 is 35.4 Å². The van der Waals surface area contributed by atoms with Crippen LogP contribution in [0.2, 0.25) is 10.0 Å². The van der Waals surface area contributed by atoms with Crippen LogP contribution in [0, 0.1) is 0 Å². The van der Waals surface area contributed by atoms with Gasteiger partial charge in [-0.05, 0) is 55.9 Å². The molecular weight excluding hydrogens is 461 g/mol. The highest BCUT2D eigenvalue weighted by molar-refractivity contribution is 7.80. The van der Waals surface area contributed by atoms with Crippen molar-refractivity contribution in [1.82, 2.24) is 15.5 Å². The highest BCUT2D eigenvalue weighted by Gasteiger charge is 2.39. The number of carbonyl (C=O) groups excluding carboxylic acids is 2. The van der Waals surface area contributed by atoms with E-state index in [1.165, 1.54) is 18.1 Å². The molecule has 2 amide bonds. The van der Waals surface area contributed by atoms with Crippen molar-refractivity contribution < 1.29 is 18.7 Å². The maximum Gasteiger partial charge on any atom is 0.277 e. The molecule has 0 spiro atoms. The lowest BCUT2D eigenvalue weighted by Gasteiger charge is -2.25. The van der Waals surface area contributed by atoms with Crippen molar-refractivity contribution in [2.24, 2.45) is 0 Å². The number of benzene rings is 1. The number of hydrogen-bond acceptors (Lipinski definition) is 5. The van der Waals surface area contributed by atoms with Crippen molar-refractivity contribution >= 4 is 58.4 Å². The van der Waals surface area contributed by atoms with E-state index in [0.29, 0.717) is 28.0 Å². The first-order chi connectivity index (χ1) is 14.7. The van der Waals surface area contributed by atoms with Gasteiger partial charge in [0.2, 0.25) is 5.91 Å². The summed E-state index contributed by atoms with van der Waals surface area (Å²) in [6, 6.07) is 7.87. The second kappa shape index (κ2) is 9.82. The van der Waals surface area contributed by atoms with E-state index in [-0.39, 0.29) is 16.7 Å². The highest BCUT2D eigenvalue weighted by atomic mass is 35.5. The summed E-state index contributed by atoms with van der Waals surface area (Å²) in [6.07, 6.45) is 1.43. The molecule has 31 heavy (non-hydrogen) atoms. The number of thiocarbonyl (C=S) groups is 1. The molecule has 1 saturated heterocycles. The fourth-order valence-electron chi connectivity index (χ4n) is 3.05. The molecule has 3 rings (SSSR count). The van der Waals surface area contributed by atoms with E-state index in [1.54, 1.807) is 44.2 Å². The predicted molar refractivity (Wildman–Crippen MR) is 123 cm³/mol. The SMILES string of the molecule is CCC(C(=O)N[C@H](C)OC)N1C(=O)/C(=C\c2ccc(-c3ccc(Cl)c(Cl)c3)o2)NC1=S. The van der Waals surface area contributed by atoms with Crippen molar-refractivity contribution in [2.45, 2.75) is 32.5 Å². The third-order valence-electron chi connectivity index (χ3n) is 4.73. The van der Waals surface area contributed by atoms with Gasteiger partial charge in [0, 0.05) is 18.7 Å². The van der Waals surface area contributed by atoms with E-state index < -0.39 is 18.2 Å². The van der Waals surface area contributed by atoms with Crippen molar-refractivity contribution in [3.05, 3.63) is 51.8 Å². The van der Waals surface area contributed by atoms with Crippen LogP contribution in [-0.2, 0) is 14.3 Å². The number of furan rings is 1. The lowest BCUT2D eigenvalue weighted by molar-refractivity contribution is -0.135. The summed E-state index contributed by atoms with van der Waals surface area (Å²) in [5.74, 6) is 0.238. The van der Waals surface area contributed by atoms with Gasteiger partial charge in [-0.15, -0.1) is 0 Å². The van der Waals surface area contributed by atoms with Gasteiger partial charge in [0.15, 0.2) is 5.11 Å². The molecule has 2 atom stereocenters. The first-order valence-electron chi connectivity index (χ1n) is 9.49. The number of nitrogens with one attached hydrogen (secondary N) is 2. The largest absolute Gasteiger partial charge is 0.457 e. The van der Waals surface area contributed by atoms with Crippen LogP contribution in [0.3, 0.4) is 0 Å². The molecule has 0 radical (unpaired) electrons. The van der Waals surface area contributed by atoms with Crippen molar-refractivity contribution in [2.75, 3.05) is 7.11 Å². The number of halogens is 2. The molecule has 1 aliphatic heterocycles. The molecule has 1 unspecified atom stereocenters. The zero-order chi connectivity index (χ0) is 22.7. The molecule has 7 nitrogen and oxygen atoms in total. The standard InChI is InChI=1S/C21H21Cl2N3O4S/c1-4-17(19(27)24-11(2)29-3)26-20(28)16(25-21(26)31)10-13-6-8-18(30-13)12-5-7-14(22)15(23)9-12/h5-11,17H,4H2,1-3H3,(H,24,27)(H,25,31)/b16-10+/t11-,17?/m0/s1. The molecule has 0 bridgehead atoms. The van der Waals surface area contributed by atoms with Gasteiger partial charge in [-0.3, -0.25) is 14.5 Å². The van der Waals surface area contributed by atoms with Gasteiger partial charge in [-0.1, -0.05) is 30.1 Å². The second-order valence-electron chi connectivity index (χ2n) is 6.80. The van der Waals surface area contributed by atoms with Gasteiger partial charge >= 0.3 is 0 Å². The summed E-state index contributed by atoms with van der Waals surface area (Å²) >= 11 is 17.3. The molecule has 2 heterocycles. The Bertz CT molecular complexity index is 1050. The van der Waals surface area contributed by atoms with Crippen LogP contribution in [0.1, 0.15) is 26.0 Å². The monoisotopic (exact) mass is 481 g/mol. The molecule has 0 saturated carbocycles.